The minimum absolute atomic E-state index is 0.290. The molecular formula is C30H37N9O. The number of nitrogens with zero attached hydrogens (tertiary/aromatic N) is 7. The monoisotopic (exact) mass is 539 g/mol. The highest BCUT2D eigenvalue weighted by Gasteiger charge is 2.18. The number of rotatable bonds is 11. The van der Waals surface area contributed by atoms with E-state index in [1.54, 1.807) is 18.3 Å². The summed E-state index contributed by atoms with van der Waals surface area (Å²) in [7, 11) is 5.99. The van der Waals surface area contributed by atoms with Crippen LogP contribution in [0.2, 0.25) is 0 Å². The zero-order valence-corrected chi connectivity index (χ0v) is 24.3. The van der Waals surface area contributed by atoms with Gasteiger partial charge < -0.3 is 20.4 Å². The van der Waals surface area contributed by atoms with Gasteiger partial charge in [0.25, 0.3) is 5.91 Å². The van der Waals surface area contributed by atoms with Crippen LogP contribution in [-0.2, 0) is 4.79 Å². The Hall–Kier alpha value is -4.62. The van der Waals surface area contributed by atoms with Crippen molar-refractivity contribution in [3.63, 3.8) is 0 Å². The number of benzene rings is 1. The molecule has 0 aliphatic heterocycles. The van der Waals surface area contributed by atoms with E-state index in [2.05, 4.69) is 43.1 Å². The average molecular weight is 540 g/mol. The van der Waals surface area contributed by atoms with Gasteiger partial charge in [0.05, 0.1) is 17.7 Å². The molecule has 0 spiro atoms. The first-order chi connectivity index (χ1) is 18.9. The summed E-state index contributed by atoms with van der Waals surface area (Å²) in [5.41, 5.74) is 4.14. The lowest BCUT2D eigenvalue weighted by atomic mass is 9.87. The molecule has 2 N–H and O–H groups in total. The van der Waals surface area contributed by atoms with Gasteiger partial charge in [-0.1, -0.05) is 36.4 Å². The summed E-state index contributed by atoms with van der Waals surface area (Å²) in [5, 5.41) is 15.5. The van der Waals surface area contributed by atoms with Crippen molar-refractivity contribution in [2.75, 3.05) is 49.8 Å². The first-order valence-electron chi connectivity index (χ1n) is 12.9. The highest BCUT2D eigenvalue weighted by Crippen LogP contribution is 2.27. The molecule has 10 nitrogen and oxygen atoms in total. The Morgan fingerprint density at radius 1 is 1.18 bits per heavy atom. The number of hydrogen-bond acceptors (Lipinski definition) is 9. The fourth-order valence-corrected chi connectivity index (χ4v) is 3.42. The number of carbonyl (C=O) groups excluding carboxylic acids is 1. The molecule has 0 atom stereocenters. The standard InChI is InChI=1S/C30H37N9O/c1-20-12-13-23(35-28(40)21(2)10-9-11-22(3)30(4,5)18-31)16-24(20)36-27-26-25(33-19-34-27)17-32-29(37-26)39(8)15-14-38(6)7/h9-13,16-17,19H,2,14-15H2,1,3-8H3,(H,35,40)(H,33,34,36)/b10-9-,22-11+. The SMILES string of the molecule is C=C(/C=C\C=C(/C)C(C)(C)C#N)C(=O)Nc1ccc(C)c(Nc2ncnc3cnc(N(C)CCN(C)C)nc23)c1. The maximum absolute atomic E-state index is 12.8. The van der Waals surface area contributed by atoms with Crippen molar-refractivity contribution >= 4 is 40.1 Å². The highest BCUT2D eigenvalue weighted by molar-refractivity contribution is 6.05. The van der Waals surface area contributed by atoms with Crippen molar-refractivity contribution < 1.29 is 4.79 Å². The van der Waals surface area contributed by atoms with E-state index in [4.69, 9.17) is 4.98 Å². The first-order valence-corrected chi connectivity index (χ1v) is 12.9. The average Bonchev–Trinajstić information content (AvgIpc) is 2.93. The minimum Gasteiger partial charge on any atom is -0.343 e. The molecule has 0 fully saturated rings. The number of nitrogens with one attached hydrogen (secondary N) is 2. The number of aromatic nitrogens is 4. The molecule has 0 unspecified atom stereocenters. The molecule has 0 radical (unpaired) electrons. The van der Waals surface area contributed by atoms with Crippen molar-refractivity contribution in [2.45, 2.75) is 27.7 Å². The van der Waals surface area contributed by atoms with Crippen LogP contribution in [0, 0.1) is 23.7 Å². The predicted octanol–water partition coefficient (Wildman–Crippen LogP) is 5.02. The highest BCUT2D eigenvalue weighted by atomic mass is 16.1. The molecule has 1 amide bonds. The van der Waals surface area contributed by atoms with Gasteiger partial charge in [-0.2, -0.15) is 5.26 Å². The molecule has 208 valence electrons. The van der Waals surface area contributed by atoms with Gasteiger partial charge in [-0.3, -0.25) is 4.79 Å². The number of amides is 1. The second-order valence-electron chi connectivity index (χ2n) is 10.4. The summed E-state index contributed by atoms with van der Waals surface area (Å²) >= 11 is 0. The van der Waals surface area contributed by atoms with Gasteiger partial charge in [0, 0.05) is 37.1 Å². The topological polar surface area (TPSA) is 123 Å². The molecule has 1 aromatic carbocycles. The van der Waals surface area contributed by atoms with Crippen molar-refractivity contribution in [1.29, 1.82) is 5.26 Å². The lowest BCUT2D eigenvalue weighted by Gasteiger charge is -2.20. The smallest absolute Gasteiger partial charge is 0.255 e. The normalized spacial score (nSPS) is 12.0. The number of anilines is 4. The Kier molecular flexibility index (Phi) is 9.69. The third-order valence-corrected chi connectivity index (χ3v) is 6.54. The van der Waals surface area contributed by atoms with E-state index in [-0.39, 0.29) is 5.91 Å². The van der Waals surface area contributed by atoms with Crippen LogP contribution in [0.15, 0.2) is 66.7 Å². The van der Waals surface area contributed by atoms with E-state index in [1.807, 2.05) is 78.0 Å². The van der Waals surface area contributed by atoms with Gasteiger partial charge in [-0.05, 0) is 59.5 Å². The van der Waals surface area contributed by atoms with Gasteiger partial charge in [0.2, 0.25) is 5.95 Å². The van der Waals surface area contributed by atoms with Crippen LogP contribution < -0.4 is 15.5 Å². The Bertz CT molecular complexity index is 1500. The van der Waals surface area contributed by atoms with E-state index < -0.39 is 5.41 Å². The van der Waals surface area contributed by atoms with Gasteiger partial charge in [0.15, 0.2) is 5.82 Å². The number of likely N-dealkylation sites (N-methyl/N-ethyl adjacent to an activating group) is 2. The number of allylic oxidation sites excluding steroid dienone is 3. The number of aryl methyl sites for hydroxylation is 1. The Morgan fingerprint density at radius 2 is 1.93 bits per heavy atom. The Labute approximate surface area is 236 Å². The van der Waals surface area contributed by atoms with Crippen LogP contribution in [0.25, 0.3) is 11.0 Å². The summed E-state index contributed by atoms with van der Waals surface area (Å²) in [6.07, 6.45) is 8.33. The van der Waals surface area contributed by atoms with Gasteiger partial charge in [-0.15, -0.1) is 0 Å². The molecule has 0 bridgehead atoms. The summed E-state index contributed by atoms with van der Waals surface area (Å²) in [5.74, 6) is 0.788. The van der Waals surface area contributed by atoms with Gasteiger partial charge in [-0.25, -0.2) is 19.9 Å². The predicted molar refractivity (Wildman–Crippen MR) is 161 cm³/mol. The van der Waals surface area contributed by atoms with Crippen LogP contribution in [0.5, 0.6) is 0 Å². The Balaban J connectivity index is 1.78. The van der Waals surface area contributed by atoms with Crippen molar-refractivity contribution in [3.05, 3.63) is 72.2 Å². The van der Waals surface area contributed by atoms with Crippen molar-refractivity contribution in [3.8, 4) is 6.07 Å². The quantitative estimate of drug-likeness (QED) is 0.255. The lowest BCUT2D eigenvalue weighted by molar-refractivity contribution is -0.112. The number of carbonyl (C=O) groups is 1. The fourth-order valence-electron chi connectivity index (χ4n) is 3.42. The molecule has 3 rings (SSSR count). The van der Waals surface area contributed by atoms with Gasteiger partial charge in [0.1, 0.15) is 17.4 Å². The summed E-state index contributed by atoms with van der Waals surface area (Å²) in [4.78, 5) is 34.8. The zero-order chi connectivity index (χ0) is 29.4. The lowest BCUT2D eigenvalue weighted by Crippen LogP contribution is -2.29. The van der Waals surface area contributed by atoms with Gasteiger partial charge >= 0.3 is 0 Å². The van der Waals surface area contributed by atoms with Crippen molar-refractivity contribution in [2.24, 2.45) is 5.41 Å². The third-order valence-electron chi connectivity index (χ3n) is 6.54. The second kappa shape index (κ2) is 13.0. The van der Waals surface area contributed by atoms with Crippen LogP contribution in [0.4, 0.5) is 23.1 Å². The molecule has 0 saturated carbocycles. The summed E-state index contributed by atoms with van der Waals surface area (Å²) < 4.78 is 0. The molecular weight excluding hydrogens is 502 g/mol. The number of hydrogen-bond donors (Lipinski definition) is 2. The van der Waals surface area contributed by atoms with E-state index in [0.29, 0.717) is 34.1 Å². The van der Waals surface area contributed by atoms with E-state index in [0.717, 1.165) is 29.9 Å². The minimum atomic E-state index is -0.580. The molecule has 40 heavy (non-hydrogen) atoms. The van der Waals surface area contributed by atoms with E-state index >= 15 is 0 Å². The van der Waals surface area contributed by atoms with E-state index in [1.165, 1.54) is 6.33 Å². The third kappa shape index (κ3) is 7.71. The number of nitriles is 1. The molecule has 0 aliphatic rings. The fraction of sp³-hybridized carbons (Fsp3) is 0.333. The van der Waals surface area contributed by atoms with Crippen LogP contribution >= 0.6 is 0 Å². The maximum Gasteiger partial charge on any atom is 0.255 e. The van der Waals surface area contributed by atoms with Crippen molar-refractivity contribution in [1.82, 2.24) is 24.8 Å². The van der Waals surface area contributed by atoms with Crippen LogP contribution in [0.3, 0.4) is 0 Å². The second-order valence-corrected chi connectivity index (χ2v) is 10.4. The molecule has 0 saturated heterocycles. The zero-order valence-electron chi connectivity index (χ0n) is 24.3. The largest absolute Gasteiger partial charge is 0.343 e. The summed E-state index contributed by atoms with van der Waals surface area (Å²) in [6, 6.07) is 7.83. The van der Waals surface area contributed by atoms with Crippen LogP contribution in [0.1, 0.15) is 26.3 Å². The Morgan fingerprint density at radius 3 is 2.62 bits per heavy atom. The number of fused-ring (bicyclic) bond motifs is 1. The molecule has 2 heterocycles. The van der Waals surface area contributed by atoms with Crippen LogP contribution in [-0.4, -0.2) is 65.0 Å². The maximum atomic E-state index is 12.8. The molecule has 10 heteroatoms. The first kappa shape index (κ1) is 29.9. The summed E-state index contributed by atoms with van der Waals surface area (Å²) in [6.45, 7) is 13.0. The van der Waals surface area contributed by atoms with E-state index in [9.17, 15) is 10.1 Å². The molecule has 0 aliphatic carbocycles. The molecule has 2 aromatic heterocycles. The molecule has 3 aromatic rings.